The van der Waals surface area contributed by atoms with Gasteiger partial charge in [-0.05, 0) is 20.3 Å². The summed E-state index contributed by atoms with van der Waals surface area (Å²) in [7, 11) is 1.63. The van der Waals surface area contributed by atoms with E-state index < -0.39 is 11.9 Å². The average Bonchev–Trinajstić information content (AvgIpc) is 2.23. The fraction of sp³-hybridized carbons (Fsp3) is 0.833. The number of carbonyl (C=O) groups is 2. The van der Waals surface area contributed by atoms with Gasteiger partial charge in [-0.1, -0.05) is 6.92 Å². The lowest BCUT2D eigenvalue weighted by molar-refractivity contribution is -0.142. The van der Waals surface area contributed by atoms with Crippen LogP contribution in [0.2, 0.25) is 0 Å². The lowest BCUT2D eigenvalue weighted by Crippen LogP contribution is -2.33. The Balaban J connectivity index is 3.78. The molecular weight excluding hydrogens is 222 g/mol. The molecular formula is C12H23NO4. The van der Waals surface area contributed by atoms with Crippen LogP contribution in [0.25, 0.3) is 0 Å². The number of hydrogen-bond donors (Lipinski definition) is 1. The minimum Gasteiger partial charge on any atom is -0.481 e. The van der Waals surface area contributed by atoms with Gasteiger partial charge in [0.15, 0.2) is 0 Å². The molecule has 0 aliphatic carbocycles. The van der Waals surface area contributed by atoms with Gasteiger partial charge in [0.05, 0.1) is 12.0 Å². The molecule has 1 unspecified atom stereocenters. The van der Waals surface area contributed by atoms with Crippen LogP contribution >= 0.6 is 0 Å². The second-order valence-electron chi connectivity index (χ2n) is 4.54. The number of carbonyl (C=O) groups excluding carboxylic acids is 1. The Morgan fingerprint density at radius 2 is 1.88 bits per heavy atom. The van der Waals surface area contributed by atoms with Crippen LogP contribution in [-0.4, -0.2) is 48.2 Å². The molecule has 0 spiro atoms. The Morgan fingerprint density at radius 1 is 1.29 bits per heavy atom. The zero-order chi connectivity index (χ0) is 13.4. The fourth-order valence-corrected chi connectivity index (χ4v) is 1.32. The first-order valence-corrected chi connectivity index (χ1v) is 5.93. The highest BCUT2D eigenvalue weighted by molar-refractivity contribution is 5.77. The van der Waals surface area contributed by atoms with E-state index in [1.54, 1.807) is 14.0 Å². The van der Waals surface area contributed by atoms with Gasteiger partial charge in [-0.15, -0.1) is 0 Å². The first kappa shape index (κ1) is 15.9. The highest BCUT2D eigenvalue weighted by atomic mass is 16.5. The molecule has 0 heterocycles. The van der Waals surface area contributed by atoms with Crippen molar-refractivity contribution in [2.75, 3.05) is 20.2 Å². The van der Waals surface area contributed by atoms with Gasteiger partial charge in [0, 0.05) is 26.6 Å². The van der Waals surface area contributed by atoms with E-state index in [2.05, 4.69) is 0 Å². The Kier molecular flexibility index (Phi) is 7.54. The molecule has 0 aromatic heterocycles. The van der Waals surface area contributed by atoms with Crippen LogP contribution in [0.1, 0.15) is 33.6 Å². The lowest BCUT2D eigenvalue weighted by atomic mass is 10.1. The van der Waals surface area contributed by atoms with Crippen LogP contribution in [0.5, 0.6) is 0 Å². The number of ether oxygens (including phenoxy) is 1. The number of aliphatic carboxylic acids is 1. The molecule has 17 heavy (non-hydrogen) atoms. The predicted molar refractivity (Wildman–Crippen MR) is 64.8 cm³/mol. The molecule has 1 atom stereocenters. The summed E-state index contributed by atoms with van der Waals surface area (Å²) in [6, 6.07) is 0. The van der Waals surface area contributed by atoms with Crippen molar-refractivity contribution in [2.45, 2.75) is 39.7 Å². The summed E-state index contributed by atoms with van der Waals surface area (Å²) in [4.78, 5) is 23.7. The largest absolute Gasteiger partial charge is 0.481 e. The highest BCUT2D eigenvalue weighted by Gasteiger charge is 2.16. The second kappa shape index (κ2) is 8.06. The molecule has 1 N–H and O–H groups in total. The van der Waals surface area contributed by atoms with Crippen LogP contribution in [0.4, 0.5) is 0 Å². The summed E-state index contributed by atoms with van der Waals surface area (Å²) in [5, 5.41) is 8.73. The van der Waals surface area contributed by atoms with E-state index in [1.165, 1.54) is 4.90 Å². The van der Waals surface area contributed by atoms with Gasteiger partial charge in [0.1, 0.15) is 0 Å². The first-order chi connectivity index (χ1) is 7.84. The van der Waals surface area contributed by atoms with Crippen molar-refractivity contribution in [3.05, 3.63) is 0 Å². The maximum atomic E-state index is 11.6. The SMILES string of the molecule is CC(C)OCCCC(=O)N(C)CC(C)C(=O)O. The Hall–Kier alpha value is -1.10. The molecule has 0 radical (unpaired) electrons. The van der Waals surface area contributed by atoms with Crippen molar-refractivity contribution < 1.29 is 19.4 Å². The summed E-state index contributed by atoms with van der Waals surface area (Å²) in [5.74, 6) is -1.45. The number of nitrogens with zero attached hydrogens (tertiary/aromatic N) is 1. The fourth-order valence-electron chi connectivity index (χ4n) is 1.32. The monoisotopic (exact) mass is 245 g/mol. The van der Waals surface area contributed by atoms with Gasteiger partial charge in [0.2, 0.25) is 5.91 Å². The Labute approximate surface area is 103 Å². The predicted octanol–water partition coefficient (Wildman–Crippen LogP) is 1.37. The number of carboxylic acids is 1. The standard InChI is InChI=1S/C12H23NO4/c1-9(2)17-7-5-6-11(14)13(4)8-10(3)12(15)16/h9-10H,5-8H2,1-4H3,(H,15,16). The highest BCUT2D eigenvalue weighted by Crippen LogP contribution is 2.02. The van der Waals surface area contributed by atoms with Crippen molar-refractivity contribution >= 4 is 11.9 Å². The molecule has 100 valence electrons. The summed E-state index contributed by atoms with van der Waals surface area (Å²) >= 11 is 0. The molecule has 0 bridgehead atoms. The van der Waals surface area contributed by atoms with Crippen LogP contribution in [-0.2, 0) is 14.3 Å². The number of amides is 1. The van der Waals surface area contributed by atoms with E-state index >= 15 is 0 Å². The van der Waals surface area contributed by atoms with E-state index in [1.807, 2.05) is 13.8 Å². The van der Waals surface area contributed by atoms with E-state index in [-0.39, 0.29) is 18.6 Å². The zero-order valence-electron chi connectivity index (χ0n) is 11.1. The maximum Gasteiger partial charge on any atom is 0.308 e. The topological polar surface area (TPSA) is 66.8 Å². The second-order valence-corrected chi connectivity index (χ2v) is 4.54. The van der Waals surface area contributed by atoms with Crippen molar-refractivity contribution in [3.63, 3.8) is 0 Å². The first-order valence-electron chi connectivity index (χ1n) is 5.93. The smallest absolute Gasteiger partial charge is 0.308 e. The van der Waals surface area contributed by atoms with Crippen LogP contribution in [0.3, 0.4) is 0 Å². The molecule has 0 rings (SSSR count). The summed E-state index contributed by atoms with van der Waals surface area (Å²) in [6.45, 7) is 6.30. The molecule has 1 amide bonds. The average molecular weight is 245 g/mol. The summed E-state index contributed by atoms with van der Waals surface area (Å²) < 4.78 is 5.33. The summed E-state index contributed by atoms with van der Waals surface area (Å²) in [5.41, 5.74) is 0. The third-order valence-electron chi connectivity index (χ3n) is 2.38. The van der Waals surface area contributed by atoms with Gasteiger partial charge in [-0.25, -0.2) is 0 Å². The number of rotatable bonds is 8. The van der Waals surface area contributed by atoms with Gasteiger partial charge in [-0.3, -0.25) is 9.59 Å². The Morgan fingerprint density at radius 3 is 2.35 bits per heavy atom. The molecule has 5 nitrogen and oxygen atoms in total. The van der Waals surface area contributed by atoms with Crippen LogP contribution < -0.4 is 0 Å². The van der Waals surface area contributed by atoms with Gasteiger partial charge in [-0.2, -0.15) is 0 Å². The normalized spacial score (nSPS) is 12.5. The molecule has 0 fully saturated rings. The molecule has 0 aliphatic rings. The minimum atomic E-state index is -0.882. The van der Waals surface area contributed by atoms with Crippen molar-refractivity contribution in [2.24, 2.45) is 5.92 Å². The molecule has 0 saturated heterocycles. The van der Waals surface area contributed by atoms with Gasteiger partial charge < -0.3 is 14.7 Å². The van der Waals surface area contributed by atoms with E-state index in [0.717, 1.165) is 0 Å². The summed E-state index contributed by atoms with van der Waals surface area (Å²) in [6.07, 6.45) is 1.24. The quantitative estimate of drug-likeness (QED) is 0.656. The van der Waals surface area contributed by atoms with Crippen molar-refractivity contribution in [3.8, 4) is 0 Å². The lowest BCUT2D eigenvalue weighted by Gasteiger charge is -2.19. The van der Waals surface area contributed by atoms with Crippen LogP contribution in [0, 0.1) is 5.92 Å². The molecule has 0 aromatic carbocycles. The molecule has 0 aromatic rings. The molecule has 5 heteroatoms. The third kappa shape index (κ3) is 7.74. The minimum absolute atomic E-state index is 0.0366. The Bertz CT molecular complexity index is 253. The van der Waals surface area contributed by atoms with Gasteiger partial charge >= 0.3 is 5.97 Å². The zero-order valence-corrected chi connectivity index (χ0v) is 11.1. The van der Waals surface area contributed by atoms with Crippen molar-refractivity contribution in [1.29, 1.82) is 0 Å². The van der Waals surface area contributed by atoms with E-state index in [4.69, 9.17) is 9.84 Å². The number of carboxylic acid groups (broad SMARTS) is 1. The maximum absolute atomic E-state index is 11.6. The van der Waals surface area contributed by atoms with Crippen molar-refractivity contribution in [1.82, 2.24) is 4.90 Å². The van der Waals surface area contributed by atoms with Crippen LogP contribution in [0.15, 0.2) is 0 Å². The molecule has 0 saturated carbocycles. The number of hydrogen-bond acceptors (Lipinski definition) is 3. The third-order valence-corrected chi connectivity index (χ3v) is 2.38. The molecule has 0 aliphatic heterocycles. The van der Waals surface area contributed by atoms with E-state index in [9.17, 15) is 9.59 Å². The van der Waals surface area contributed by atoms with Gasteiger partial charge in [0.25, 0.3) is 0 Å². The van der Waals surface area contributed by atoms with E-state index in [0.29, 0.717) is 19.4 Å².